The smallest absolute Gasteiger partial charge is 0.426 e. The zero-order chi connectivity index (χ0) is 24.6. The summed E-state index contributed by atoms with van der Waals surface area (Å²) in [5, 5.41) is 29.2. The van der Waals surface area contributed by atoms with Gasteiger partial charge in [-0.25, -0.2) is 0 Å². The summed E-state index contributed by atoms with van der Waals surface area (Å²) in [6, 6.07) is 18.8. The van der Waals surface area contributed by atoms with Crippen molar-refractivity contribution in [2.24, 2.45) is 11.1 Å². The summed E-state index contributed by atoms with van der Waals surface area (Å²) in [6.07, 6.45) is 1.07. The topological polar surface area (TPSA) is 120 Å². The minimum atomic E-state index is -1.70. The lowest BCUT2D eigenvalue weighted by Gasteiger charge is -2.29. The highest BCUT2D eigenvalue weighted by molar-refractivity contribution is 6.43. The number of oxime groups is 1. The van der Waals surface area contributed by atoms with Crippen molar-refractivity contribution >= 4 is 24.6 Å². The second-order valence-electron chi connectivity index (χ2n) is 9.14. The molecule has 0 saturated carbocycles. The van der Waals surface area contributed by atoms with Gasteiger partial charge >= 0.3 is 7.12 Å². The summed E-state index contributed by atoms with van der Waals surface area (Å²) in [5.74, 6) is -1.31. The maximum atomic E-state index is 13.4. The Kier molecular flexibility index (Phi) is 8.84. The van der Waals surface area contributed by atoms with Gasteiger partial charge in [-0.3, -0.25) is 9.59 Å². The number of carbonyl (C=O) groups is 2. The number of amides is 2. The highest BCUT2D eigenvalue weighted by Gasteiger charge is 2.48. The fourth-order valence-corrected chi connectivity index (χ4v) is 3.97. The van der Waals surface area contributed by atoms with Crippen molar-refractivity contribution in [3.05, 3.63) is 71.8 Å². The number of carbonyl (C=O) groups excluding carboxylic acids is 2. The molecule has 180 valence electrons. The van der Waals surface area contributed by atoms with Gasteiger partial charge in [-0.1, -0.05) is 79.7 Å². The Morgan fingerprint density at radius 2 is 1.68 bits per heavy atom. The highest BCUT2D eigenvalue weighted by Crippen LogP contribution is 2.29. The molecule has 1 aliphatic rings. The number of hydrogen-bond acceptors (Lipinski definition) is 6. The third-order valence-corrected chi connectivity index (χ3v) is 5.68. The van der Waals surface area contributed by atoms with Crippen molar-refractivity contribution in [2.75, 3.05) is 6.54 Å². The molecule has 0 spiro atoms. The Morgan fingerprint density at radius 3 is 2.26 bits per heavy atom. The van der Waals surface area contributed by atoms with E-state index < -0.39 is 24.6 Å². The number of rotatable bonds is 11. The summed E-state index contributed by atoms with van der Waals surface area (Å²) >= 11 is 0. The number of nitrogens with zero attached hydrogens (tertiary/aromatic N) is 1. The zero-order valence-corrected chi connectivity index (χ0v) is 19.6. The molecule has 8 nitrogen and oxygen atoms in total. The number of benzene rings is 2. The van der Waals surface area contributed by atoms with Gasteiger partial charge in [0.2, 0.25) is 11.5 Å². The van der Waals surface area contributed by atoms with Crippen LogP contribution in [0, 0.1) is 5.92 Å². The molecule has 0 bridgehead atoms. The Morgan fingerprint density at radius 1 is 1.06 bits per heavy atom. The van der Waals surface area contributed by atoms with E-state index in [-0.39, 0.29) is 37.6 Å². The Hall–Kier alpha value is -3.17. The molecule has 2 unspecified atom stereocenters. The molecule has 3 rings (SSSR count). The molecule has 1 heterocycles. The van der Waals surface area contributed by atoms with Crippen LogP contribution in [-0.2, 0) is 27.3 Å². The maximum Gasteiger partial charge on any atom is 0.475 e. The van der Waals surface area contributed by atoms with E-state index in [9.17, 15) is 19.6 Å². The van der Waals surface area contributed by atoms with Crippen molar-refractivity contribution in [3.63, 3.8) is 0 Å². The van der Waals surface area contributed by atoms with Crippen LogP contribution < -0.4 is 10.6 Å². The Labute approximate surface area is 200 Å². The molecule has 2 atom stereocenters. The largest absolute Gasteiger partial charge is 0.475 e. The molecule has 0 fully saturated rings. The predicted molar refractivity (Wildman–Crippen MR) is 131 cm³/mol. The molecular formula is C25H32BN3O5. The van der Waals surface area contributed by atoms with Gasteiger partial charge in [-0.05, 0) is 23.5 Å². The van der Waals surface area contributed by atoms with Crippen LogP contribution in [0.15, 0.2) is 65.8 Å². The first-order valence-corrected chi connectivity index (χ1v) is 11.5. The lowest BCUT2D eigenvalue weighted by Crippen LogP contribution is -2.56. The molecule has 9 heteroatoms. The maximum absolute atomic E-state index is 13.4. The molecule has 2 amide bonds. The third kappa shape index (κ3) is 7.17. The van der Waals surface area contributed by atoms with Gasteiger partial charge in [-0.2, -0.15) is 0 Å². The first-order valence-electron chi connectivity index (χ1n) is 11.5. The fourth-order valence-electron chi connectivity index (χ4n) is 3.97. The van der Waals surface area contributed by atoms with E-state index >= 15 is 0 Å². The van der Waals surface area contributed by atoms with Crippen LogP contribution in [0.4, 0.5) is 0 Å². The Balaban J connectivity index is 1.68. The third-order valence-electron chi connectivity index (χ3n) is 5.68. The summed E-state index contributed by atoms with van der Waals surface area (Å²) in [7, 11) is -1.70. The lowest BCUT2D eigenvalue weighted by molar-refractivity contribution is -0.144. The second-order valence-corrected chi connectivity index (χ2v) is 9.14. The number of nitrogens with one attached hydrogen (secondary N) is 2. The zero-order valence-electron chi connectivity index (χ0n) is 19.6. The quantitative estimate of drug-likeness (QED) is 0.376. The molecule has 2 aromatic rings. The van der Waals surface area contributed by atoms with Gasteiger partial charge in [0.15, 0.2) is 0 Å². The fraction of sp³-hybridized carbons (Fsp3) is 0.400. The highest BCUT2D eigenvalue weighted by atomic mass is 16.7. The monoisotopic (exact) mass is 465 g/mol. The number of hydrogen-bond donors (Lipinski definition) is 4. The van der Waals surface area contributed by atoms with E-state index in [1.807, 2.05) is 74.5 Å². The average molecular weight is 465 g/mol. The van der Waals surface area contributed by atoms with E-state index in [4.69, 9.17) is 4.84 Å². The summed E-state index contributed by atoms with van der Waals surface area (Å²) in [5.41, 5.74) is 0.983. The minimum absolute atomic E-state index is 0.147. The molecular weight excluding hydrogens is 433 g/mol. The lowest BCUT2D eigenvalue weighted by atomic mass is 9.74. The molecule has 0 saturated heterocycles. The summed E-state index contributed by atoms with van der Waals surface area (Å²) in [6.45, 7) is 4.03. The van der Waals surface area contributed by atoms with E-state index in [1.165, 1.54) is 0 Å². The van der Waals surface area contributed by atoms with Crippen LogP contribution in [0.1, 0.15) is 37.8 Å². The molecule has 1 aliphatic heterocycles. The van der Waals surface area contributed by atoms with Crippen LogP contribution >= 0.6 is 0 Å². The molecule has 2 aromatic carbocycles. The van der Waals surface area contributed by atoms with E-state index in [2.05, 4.69) is 15.8 Å². The standard InChI is InChI=1S/C25H32BN3O5/c1-18(2)13-22(26(32)33)28-24(31)25(15-20-11-7-4-8-12-20)16-21(29-34-25)17-27-23(30)14-19-9-5-3-6-10-19/h3-12,18,22,32-33H,13-17H2,1-2H3,(H,27,30)(H,28,31). The van der Waals surface area contributed by atoms with Gasteiger partial charge in [0.05, 0.1) is 24.6 Å². The van der Waals surface area contributed by atoms with Gasteiger partial charge in [0.25, 0.3) is 5.91 Å². The van der Waals surface area contributed by atoms with Crippen molar-refractivity contribution in [1.82, 2.24) is 10.6 Å². The van der Waals surface area contributed by atoms with Crippen LogP contribution in [-0.4, -0.2) is 52.8 Å². The van der Waals surface area contributed by atoms with E-state index in [0.29, 0.717) is 12.1 Å². The van der Waals surface area contributed by atoms with Crippen molar-refractivity contribution < 1.29 is 24.5 Å². The van der Waals surface area contributed by atoms with Crippen LogP contribution in [0.5, 0.6) is 0 Å². The first-order chi connectivity index (χ1) is 16.3. The first kappa shape index (κ1) is 25.5. The summed E-state index contributed by atoms with van der Waals surface area (Å²) in [4.78, 5) is 31.4. The Bertz CT molecular complexity index is 985. The van der Waals surface area contributed by atoms with Crippen molar-refractivity contribution in [2.45, 2.75) is 51.1 Å². The van der Waals surface area contributed by atoms with Crippen molar-refractivity contribution in [3.8, 4) is 0 Å². The predicted octanol–water partition coefficient (Wildman–Crippen LogP) is 1.65. The molecule has 4 N–H and O–H groups in total. The molecule has 0 radical (unpaired) electrons. The molecule has 0 aromatic heterocycles. The van der Waals surface area contributed by atoms with Gasteiger partial charge in [0.1, 0.15) is 0 Å². The minimum Gasteiger partial charge on any atom is -0.426 e. The van der Waals surface area contributed by atoms with Crippen LogP contribution in [0.2, 0.25) is 0 Å². The summed E-state index contributed by atoms with van der Waals surface area (Å²) < 4.78 is 0. The van der Waals surface area contributed by atoms with Gasteiger partial charge < -0.3 is 25.5 Å². The van der Waals surface area contributed by atoms with Gasteiger partial charge in [0, 0.05) is 12.8 Å². The second kappa shape index (κ2) is 11.8. The van der Waals surface area contributed by atoms with E-state index in [1.54, 1.807) is 0 Å². The molecule has 0 aliphatic carbocycles. The van der Waals surface area contributed by atoms with Gasteiger partial charge in [-0.15, -0.1) is 0 Å². The average Bonchev–Trinajstić information content (AvgIpc) is 3.22. The normalized spacial score (nSPS) is 18.1. The van der Waals surface area contributed by atoms with Crippen LogP contribution in [0.25, 0.3) is 0 Å². The van der Waals surface area contributed by atoms with Crippen molar-refractivity contribution in [1.29, 1.82) is 0 Å². The SMILES string of the molecule is CC(C)CC(NC(=O)C1(Cc2ccccc2)CC(CNC(=O)Cc2ccccc2)=NO1)B(O)O. The molecule has 34 heavy (non-hydrogen) atoms. The van der Waals surface area contributed by atoms with Crippen LogP contribution in [0.3, 0.4) is 0 Å². The van der Waals surface area contributed by atoms with E-state index in [0.717, 1.165) is 11.1 Å².